The number of carbonyl (C=O) groups is 3. The van der Waals surface area contributed by atoms with Crippen molar-refractivity contribution in [2.75, 3.05) is 42.2 Å². The molecule has 3 amide bonds. The Morgan fingerprint density at radius 1 is 0.655 bits per heavy atom. The summed E-state index contributed by atoms with van der Waals surface area (Å²) in [6, 6.07) is 20.6. The number of unbranched alkanes of at least 4 members (excludes halogenated alkanes) is 1. The van der Waals surface area contributed by atoms with E-state index in [0.717, 1.165) is 8.95 Å². The first-order valence-corrected chi connectivity index (χ1v) is 22.0. The molecule has 0 aliphatic rings. The summed E-state index contributed by atoms with van der Waals surface area (Å²) >= 11 is 6.66. The van der Waals surface area contributed by atoms with Crippen LogP contribution in [-0.4, -0.2) is 77.3 Å². The third kappa shape index (κ3) is 12.6. The topological polar surface area (TPSA) is 191 Å². The fourth-order valence-electron chi connectivity index (χ4n) is 5.30. The molecule has 0 aromatic heterocycles. The fourth-order valence-corrected chi connectivity index (χ4v) is 8.09. The molecule has 0 bridgehead atoms. The van der Waals surface area contributed by atoms with E-state index in [1.165, 1.54) is 41.3 Å². The molecule has 0 saturated heterocycles. The van der Waals surface area contributed by atoms with Crippen LogP contribution in [0.2, 0.25) is 0 Å². The van der Waals surface area contributed by atoms with E-state index >= 15 is 0 Å². The van der Waals surface area contributed by atoms with Crippen molar-refractivity contribution in [3.05, 3.63) is 105 Å². The summed E-state index contributed by atoms with van der Waals surface area (Å²) in [7, 11) is -8.69. The second-order valence-electron chi connectivity index (χ2n) is 12.5. The van der Waals surface area contributed by atoms with Gasteiger partial charge in [0.15, 0.2) is 0 Å². The summed E-state index contributed by atoms with van der Waals surface area (Å²) < 4.78 is 62.0. The van der Waals surface area contributed by atoms with Crippen molar-refractivity contribution in [1.82, 2.24) is 15.5 Å². The molecule has 294 valence electrons. The summed E-state index contributed by atoms with van der Waals surface area (Å²) in [5.74, 6) is -1.61. The second kappa shape index (κ2) is 20.0. The van der Waals surface area contributed by atoms with Crippen LogP contribution in [0.4, 0.5) is 11.4 Å². The molecule has 5 N–H and O–H groups in total. The molecule has 4 aromatic rings. The van der Waals surface area contributed by atoms with E-state index in [4.69, 9.17) is 5.11 Å². The zero-order valence-corrected chi connectivity index (χ0v) is 35.1. The molecule has 0 aliphatic heterocycles. The number of hydrogen-bond acceptors (Lipinski definition) is 8. The van der Waals surface area contributed by atoms with Crippen molar-refractivity contribution in [3.63, 3.8) is 0 Å². The maximum Gasteiger partial charge on any atom is 0.261 e. The van der Waals surface area contributed by atoms with Gasteiger partial charge in [0, 0.05) is 57.7 Å². The first kappa shape index (κ1) is 43.4. The molecule has 0 fully saturated rings. The number of halogens is 2. The number of amides is 3. The largest absolute Gasteiger partial charge is 0.396 e. The van der Waals surface area contributed by atoms with Crippen LogP contribution >= 0.6 is 31.9 Å². The molecule has 0 aliphatic carbocycles. The Hall–Kier alpha value is -4.29. The third-order valence-corrected chi connectivity index (χ3v) is 11.8. The van der Waals surface area contributed by atoms with Gasteiger partial charge in [0.25, 0.3) is 31.9 Å². The predicted molar refractivity (Wildman–Crippen MR) is 220 cm³/mol. The smallest absolute Gasteiger partial charge is 0.261 e. The number of sulfonamides is 2. The minimum absolute atomic E-state index is 0.0491. The van der Waals surface area contributed by atoms with Crippen LogP contribution in [-0.2, 0) is 24.8 Å². The van der Waals surface area contributed by atoms with Gasteiger partial charge < -0.3 is 20.6 Å². The van der Waals surface area contributed by atoms with Crippen molar-refractivity contribution in [1.29, 1.82) is 0 Å². The summed E-state index contributed by atoms with van der Waals surface area (Å²) in [5.41, 5.74) is 0.603. The monoisotopic (exact) mass is 919 g/mol. The van der Waals surface area contributed by atoms with Crippen LogP contribution in [0.1, 0.15) is 60.2 Å². The predicted octanol–water partition coefficient (Wildman–Crippen LogP) is 6.36. The lowest BCUT2D eigenvalue weighted by Crippen LogP contribution is -2.41. The van der Waals surface area contributed by atoms with Gasteiger partial charge in [0.2, 0.25) is 5.91 Å². The van der Waals surface area contributed by atoms with Gasteiger partial charge in [-0.15, -0.1) is 0 Å². The number of anilines is 2. The molecule has 0 radical (unpaired) electrons. The maximum absolute atomic E-state index is 14.1. The Morgan fingerprint density at radius 3 is 1.65 bits per heavy atom. The van der Waals surface area contributed by atoms with Crippen LogP contribution in [0.3, 0.4) is 0 Å². The average molecular weight is 922 g/mol. The number of benzene rings is 4. The molecule has 0 saturated carbocycles. The van der Waals surface area contributed by atoms with E-state index in [9.17, 15) is 31.2 Å². The van der Waals surface area contributed by atoms with Crippen molar-refractivity contribution in [2.45, 2.75) is 49.3 Å². The minimum atomic E-state index is -4.36. The molecule has 4 rings (SSSR count). The lowest BCUT2D eigenvalue weighted by atomic mass is 10.00. The molecule has 13 nitrogen and oxygen atoms in total. The molecule has 0 spiro atoms. The van der Waals surface area contributed by atoms with Crippen molar-refractivity contribution < 1.29 is 36.3 Å². The van der Waals surface area contributed by atoms with E-state index in [0.29, 0.717) is 32.2 Å². The number of hydrogen-bond donors (Lipinski definition) is 5. The van der Waals surface area contributed by atoms with Gasteiger partial charge in [-0.1, -0.05) is 45.7 Å². The highest BCUT2D eigenvalue weighted by Crippen LogP contribution is 2.31. The number of aliphatic hydroxyl groups is 1. The molecule has 17 heteroatoms. The molecule has 0 heterocycles. The Labute approximate surface area is 338 Å². The zero-order valence-electron chi connectivity index (χ0n) is 30.3. The molecular weight excluding hydrogens is 878 g/mol. The van der Waals surface area contributed by atoms with Gasteiger partial charge in [-0.3, -0.25) is 23.8 Å². The van der Waals surface area contributed by atoms with E-state index in [1.54, 1.807) is 48.5 Å². The highest BCUT2D eigenvalue weighted by Gasteiger charge is 2.25. The SMILES string of the molecule is CCCNC(=O)CN(CCC)C(=O)c1cc(-c2cc(C(=O)NCCCCO)cc(S(=O)(=O)Nc3ccc(Br)cc3)c2)cc(S(=O)(=O)Nc2ccc(Br)cc2)c1. The fraction of sp³-hybridized carbons (Fsp3) is 0.289. The summed E-state index contributed by atoms with van der Waals surface area (Å²) in [6.45, 7) is 4.21. The van der Waals surface area contributed by atoms with Crippen molar-refractivity contribution in [3.8, 4) is 11.1 Å². The number of aliphatic hydroxyl groups excluding tert-OH is 1. The summed E-state index contributed by atoms with van der Waals surface area (Å²) in [4.78, 5) is 41.0. The highest BCUT2D eigenvalue weighted by atomic mass is 79.9. The Balaban J connectivity index is 1.90. The van der Waals surface area contributed by atoms with Gasteiger partial charge >= 0.3 is 0 Å². The average Bonchev–Trinajstić information content (AvgIpc) is 3.16. The lowest BCUT2D eigenvalue weighted by molar-refractivity contribution is -0.121. The standard InChI is InChI=1S/C38H43Br2N5O8S2/c1-3-15-41-36(47)25-45(17-4-2)38(49)29-20-27(22-35(24-29)55(52,53)44-33-13-9-31(40)10-14-33)26-19-28(37(48)42-16-5-6-18-46)23-34(21-26)54(50,51)43-32-11-7-30(39)8-12-32/h7-14,19-24,43-44,46H,3-6,15-18,25H2,1-2H3,(H,41,47)(H,42,48). The highest BCUT2D eigenvalue weighted by molar-refractivity contribution is 9.10. The van der Waals surface area contributed by atoms with Crippen molar-refractivity contribution in [2.24, 2.45) is 0 Å². The van der Waals surface area contributed by atoms with Gasteiger partial charge in [-0.05, 0) is 122 Å². The van der Waals surface area contributed by atoms with Crippen molar-refractivity contribution >= 4 is 81.0 Å². The van der Waals surface area contributed by atoms with Gasteiger partial charge in [0.05, 0.1) is 16.3 Å². The molecule has 55 heavy (non-hydrogen) atoms. The van der Waals surface area contributed by atoms with E-state index in [1.807, 2.05) is 13.8 Å². The van der Waals surface area contributed by atoms with Crippen LogP contribution < -0.4 is 20.1 Å². The minimum Gasteiger partial charge on any atom is -0.396 e. The third-order valence-electron chi connectivity index (χ3n) is 8.03. The zero-order chi connectivity index (χ0) is 40.2. The Bertz CT molecular complexity index is 2200. The van der Waals surface area contributed by atoms with Crippen LogP contribution in [0.5, 0.6) is 0 Å². The molecular formula is C38H43Br2N5O8S2. The number of rotatable bonds is 19. The Kier molecular flexibility index (Phi) is 15.8. The first-order valence-electron chi connectivity index (χ1n) is 17.5. The van der Waals surface area contributed by atoms with E-state index < -0.39 is 31.9 Å². The number of nitrogens with zero attached hydrogens (tertiary/aromatic N) is 1. The number of carbonyl (C=O) groups excluding carboxylic acids is 3. The Morgan fingerprint density at radius 2 is 1.16 bits per heavy atom. The molecule has 4 aromatic carbocycles. The van der Waals surface area contributed by atoms with Gasteiger partial charge in [0.1, 0.15) is 0 Å². The molecule has 0 unspecified atom stereocenters. The van der Waals surface area contributed by atoms with E-state index in [-0.39, 0.29) is 75.6 Å². The second-order valence-corrected chi connectivity index (χ2v) is 17.7. The van der Waals surface area contributed by atoms with Gasteiger partial charge in [-0.2, -0.15) is 0 Å². The summed E-state index contributed by atoms with van der Waals surface area (Å²) in [5, 5.41) is 14.6. The molecule has 0 atom stereocenters. The van der Waals surface area contributed by atoms with Crippen LogP contribution in [0.25, 0.3) is 11.1 Å². The summed E-state index contributed by atoms with van der Waals surface area (Å²) in [6.07, 6.45) is 2.11. The van der Waals surface area contributed by atoms with Crippen LogP contribution in [0, 0.1) is 0 Å². The van der Waals surface area contributed by atoms with Gasteiger partial charge in [-0.25, -0.2) is 16.8 Å². The van der Waals surface area contributed by atoms with Crippen LogP contribution in [0.15, 0.2) is 104 Å². The quantitative estimate of drug-likeness (QED) is 0.0672. The maximum atomic E-state index is 14.1. The first-order chi connectivity index (χ1) is 26.1. The normalized spacial score (nSPS) is 11.4. The lowest BCUT2D eigenvalue weighted by Gasteiger charge is -2.22. The van der Waals surface area contributed by atoms with E-state index in [2.05, 4.69) is 51.9 Å². The number of nitrogens with one attached hydrogen (secondary N) is 4.